The molecule has 1 aliphatic heterocycles. The molecule has 0 fully saturated rings. The number of nitrogens with one attached hydrogen (secondary N) is 1. The van der Waals surface area contributed by atoms with Crippen LogP contribution in [0.3, 0.4) is 0 Å². The predicted octanol–water partition coefficient (Wildman–Crippen LogP) is 5.74. The number of halogens is 1. The van der Waals surface area contributed by atoms with Crippen molar-refractivity contribution in [2.45, 2.75) is 59.7 Å². The third-order valence-corrected chi connectivity index (χ3v) is 5.18. The molecular weight excluding hydrogens is 430 g/mol. The van der Waals surface area contributed by atoms with Crippen molar-refractivity contribution < 1.29 is 23.5 Å². The van der Waals surface area contributed by atoms with Crippen LogP contribution in [0, 0.1) is 0 Å². The predicted molar refractivity (Wildman–Crippen MR) is 123 cm³/mol. The van der Waals surface area contributed by atoms with Crippen LogP contribution < -0.4 is 5.32 Å². The summed E-state index contributed by atoms with van der Waals surface area (Å²) in [6.07, 6.45) is -0.634. The van der Waals surface area contributed by atoms with E-state index in [1.165, 1.54) is 0 Å². The van der Waals surface area contributed by atoms with Gasteiger partial charge >= 0.3 is 11.9 Å². The van der Waals surface area contributed by atoms with Crippen molar-refractivity contribution >= 4 is 23.5 Å². The van der Waals surface area contributed by atoms with Gasteiger partial charge in [-0.15, -0.1) is 0 Å². The van der Waals surface area contributed by atoms with Crippen LogP contribution in [-0.4, -0.2) is 24.1 Å². The van der Waals surface area contributed by atoms with Gasteiger partial charge in [-0.1, -0.05) is 11.6 Å². The molecule has 0 amide bonds. The molecule has 0 unspecified atom stereocenters. The van der Waals surface area contributed by atoms with Crippen LogP contribution in [0.2, 0.25) is 5.02 Å². The highest BCUT2D eigenvalue weighted by molar-refractivity contribution is 6.30. The van der Waals surface area contributed by atoms with E-state index in [4.69, 9.17) is 25.5 Å². The fraction of sp³-hybridized carbons (Fsp3) is 0.360. The van der Waals surface area contributed by atoms with E-state index in [-0.39, 0.29) is 12.2 Å². The highest BCUT2D eigenvalue weighted by atomic mass is 35.5. The van der Waals surface area contributed by atoms with E-state index in [0.29, 0.717) is 39.1 Å². The molecule has 0 radical (unpaired) electrons. The summed E-state index contributed by atoms with van der Waals surface area (Å²) < 4.78 is 17.1. The molecule has 0 aliphatic carbocycles. The highest BCUT2D eigenvalue weighted by Gasteiger charge is 2.40. The van der Waals surface area contributed by atoms with Crippen molar-refractivity contribution in [1.29, 1.82) is 0 Å². The van der Waals surface area contributed by atoms with Gasteiger partial charge in [0.2, 0.25) is 0 Å². The lowest BCUT2D eigenvalue weighted by Gasteiger charge is -2.29. The van der Waals surface area contributed by atoms with Gasteiger partial charge in [-0.2, -0.15) is 0 Å². The fourth-order valence-corrected chi connectivity index (χ4v) is 3.78. The maximum absolute atomic E-state index is 13.1. The minimum absolute atomic E-state index is 0.317. The monoisotopic (exact) mass is 457 g/mol. The minimum atomic E-state index is -0.769. The van der Waals surface area contributed by atoms with Crippen LogP contribution in [0.5, 0.6) is 0 Å². The normalized spacial score (nSPS) is 14.8. The van der Waals surface area contributed by atoms with E-state index in [9.17, 15) is 9.59 Å². The van der Waals surface area contributed by atoms with Crippen LogP contribution in [0.25, 0.3) is 11.3 Å². The summed E-state index contributed by atoms with van der Waals surface area (Å²) in [5, 5.41) is 3.75. The molecule has 7 heteroatoms. The average Bonchev–Trinajstić information content (AvgIpc) is 3.16. The van der Waals surface area contributed by atoms with Crippen LogP contribution >= 0.6 is 11.6 Å². The highest BCUT2D eigenvalue weighted by Crippen LogP contribution is 2.41. The standard InChI is InChI=1S/C25H28ClNO5/c1-13(2)30-24(28)21-15(5)27-16(6)22(25(29)31-14(3)4)23(21)20-12-11-19(32-20)17-7-9-18(26)10-8-17/h7-14,23,27H,1-6H3. The van der Waals surface area contributed by atoms with E-state index in [2.05, 4.69) is 5.32 Å². The summed E-state index contributed by atoms with van der Waals surface area (Å²) in [4.78, 5) is 26.1. The molecule has 0 atom stereocenters. The largest absolute Gasteiger partial charge is 0.460 e. The second-order valence-electron chi connectivity index (χ2n) is 8.25. The first-order chi connectivity index (χ1) is 15.1. The lowest BCUT2D eigenvalue weighted by molar-refractivity contribution is -0.143. The molecule has 0 saturated carbocycles. The van der Waals surface area contributed by atoms with Crippen LogP contribution in [0.15, 0.2) is 63.4 Å². The van der Waals surface area contributed by atoms with Gasteiger partial charge in [0.05, 0.1) is 29.3 Å². The molecule has 0 bridgehead atoms. The lowest BCUT2D eigenvalue weighted by Crippen LogP contribution is -2.33. The first kappa shape index (κ1) is 23.7. The number of hydrogen-bond acceptors (Lipinski definition) is 6. The van der Waals surface area contributed by atoms with Gasteiger partial charge in [0, 0.05) is 22.0 Å². The van der Waals surface area contributed by atoms with E-state index in [0.717, 1.165) is 5.56 Å². The van der Waals surface area contributed by atoms with Crippen molar-refractivity contribution in [2.24, 2.45) is 0 Å². The van der Waals surface area contributed by atoms with E-state index >= 15 is 0 Å². The number of allylic oxidation sites excluding steroid dienone is 2. The zero-order chi connectivity index (χ0) is 23.6. The smallest absolute Gasteiger partial charge is 0.337 e. The summed E-state index contributed by atoms with van der Waals surface area (Å²) in [5.74, 6) is -0.751. The van der Waals surface area contributed by atoms with Crippen molar-refractivity contribution in [3.8, 4) is 11.3 Å². The summed E-state index contributed by atoms with van der Waals surface area (Å²) in [6, 6.07) is 10.8. The number of dihydropyridines is 1. The fourth-order valence-electron chi connectivity index (χ4n) is 3.65. The van der Waals surface area contributed by atoms with Gasteiger partial charge in [-0.25, -0.2) is 9.59 Å². The average molecular weight is 458 g/mol. The molecule has 2 heterocycles. The molecule has 1 aromatic carbocycles. The Morgan fingerprint density at radius 3 is 1.84 bits per heavy atom. The molecule has 170 valence electrons. The topological polar surface area (TPSA) is 77.8 Å². The Bertz CT molecular complexity index is 1030. The summed E-state index contributed by atoms with van der Waals surface area (Å²) in [7, 11) is 0. The van der Waals surface area contributed by atoms with Crippen LogP contribution in [0.1, 0.15) is 53.2 Å². The minimum Gasteiger partial charge on any atom is -0.460 e. The first-order valence-electron chi connectivity index (χ1n) is 10.5. The Kier molecular flexibility index (Phi) is 7.14. The number of ether oxygens (including phenoxy) is 2. The molecule has 3 rings (SSSR count). The van der Waals surface area contributed by atoms with E-state index < -0.39 is 17.9 Å². The molecule has 1 aliphatic rings. The number of benzene rings is 1. The van der Waals surface area contributed by atoms with Gasteiger partial charge in [0.1, 0.15) is 11.5 Å². The van der Waals surface area contributed by atoms with Gasteiger partial charge in [0.15, 0.2) is 0 Å². The van der Waals surface area contributed by atoms with Gasteiger partial charge in [-0.3, -0.25) is 0 Å². The SMILES string of the molecule is CC1=C(C(=O)OC(C)C)C(c2ccc(-c3ccc(Cl)cc3)o2)C(C(=O)OC(C)C)=C(C)N1. The molecule has 2 aromatic rings. The number of rotatable bonds is 6. The number of carbonyl (C=O) groups is 2. The van der Waals surface area contributed by atoms with Crippen molar-refractivity contribution in [3.05, 3.63) is 69.7 Å². The van der Waals surface area contributed by atoms with Crippen molar-refractivity contribution in [1.82, 2.24) is 5.32 Å². The molecule has 0 spiro atoms. The number of hydrogen-bond donors (Lipinski definition) is 1. The number of carbonyl (C=O) groups excluding carboxylic acids is 2. The lowest BCUT2D eigenvalue weighted by atomic mass is 9.83. The van der Waals surface area contributed by atoms with Gasteiger partial charge < -0.3 is 19.2 Å². The summed E-state index contributed by atoms with van der Waals surface area (Å²) >= 11 is 6.00. The van der Waals surface area contributed by atoms with Crippen LogP contribution in [-0.2, 0) is 19.1 Å². The van der Waals surface area contributed by atoms with Crippen molar-refractivity contribution in [2.75, 3.05) is 0 Å². The molecule has 6 nitrogen and oxygen atoms in total. The zero-order valence-corrected chi connectivity index (χ0v) is 19.9. The maximum Gasteiger partial charge on any atom is 0.337 e. The summed E-state index contributed by atoms with van der Waals surface area (Å²) in [5.41, 5.74) is 2.66. The Labute approximate surface area is 193 Å². The Hall–Kier alpha value is -2.99. The number of furan rings is 1. The molecule has 0 saturated heterocycles. The first-order valence-corrected chi connectivity index (χ1v) is 10.9. The second kappa shape index (κ2) is 9.65. The van der Waals surface area contributed by atoms with Gasteiger partial charge in [0.25, 0.3) is 0 Å². The third-order valence-electron chi connectivity index (χ3n) is 4.93. The maximum atomic E-state index is 13.1. The molecule has 32 heavy (non-hydrogen) atoms. The van der Waals surface area contributed by atoms with E-state index in [1.54, 1.807) is 59.7 Å². The summed E-state index contributed by atoms with van der Waals surface area (Å²) in [6.45, 7) is 10.7. The van der Waals surface area contributed by atoms with E-state index in [1.807, 2.05) is 18.2 Å². The zero-order valence-electron chi connectivity index (χ0n) is 19.1. The molecular formula is C25H28ClNO5. The van der Waals surface area contributed by atoms with Crippen LogP contribution in [0.4, 0.5) is 0 Å². The van der Waals surface area contributed by atoms with Crippen molar-refractivity contribution in [3.63, 3.8) is 0 Å². The molecule has 1 aromatic heterocycles. The second-order valence-corrected chi connectivity index (χ2v) is 8.69. The third kappa shape index (κ3) is 5.07. The Morgan fingerprint density at radius 2 is 1.38 bits per heavy atom. The Morgan fingerprint density at radius 1 is 0.875 bits per heavy atom. The molecule has 1 N–H and O–H groups in total. The number of esters is 2. The Balaban J connectivity index is 2.11. The quantitative estimate of drug-likeness (QED) is 0.557. The van der Waals surface area contributed by atoms with Gasteiger partial charge in [-0.05, 0) is 77.9 Å².